The third kappa shape index (κ3) is 3.23. The fourth-order valence-electron chi connectivity index (χ4n) is 2.37. The van der Waals surface area contributed by atoms with E-state index in [1.165, 1.54) is 6.42 Å². The van der Waals surface area contributed by atoms with Crippen molar-refractivity contribution < 1.29 is 9.21 Å². The van der Waals surface area contributed by atoms with Crippen LogP contribution in [-0.2, 0) is 4.79 Å². The number of furan rings is 1. The molecule has 0 radical (unpaired) electrons. The Hall–Kier alpha value is -1.55. The van der Waals surface area contributed by atoms with E-state index in [0.717, 1.165) is 25.9 Å². The minimum atomic E-state index is 0.0753. The Morgan fingerprint density at radius 3 is 3.22 bits per heavy atom. The van der Waals surface area contributed by atoms with Gasteiger partial charge in [0.05, 0.1) is 6.26 Å². The normalized spacial score (nSPS) is 20.5. The first kappa shape index (κ1) is 12.9. The molecule has 98 valence electrons. The van der Waals surface area contributed by atoms with Gasteiger partial charge in [0.25, 0.3) is 0 Å². The van der Waals surface area contributed by atoms with Gasteiger partial charge in [0, 0.05) is 25.2 Å². The minimum Gasteiger partial charge on any atom is -0.465 e. The first-order valence-electron chi connectivity index (χ1n) is 6.48. The summed E-state index contributed by atoms with van der Waals surface area (Å²) in [4.78, 5) is 14.1. The van der Waals surface area contributed by atoms with Crippen LogP contribution in [0.25, 0.3) is 6.08 Å². The lowest BCUT2D eigenvalue weighted by molar-refractivity contribution is -0.129. The van der Waals surface area contributed by atoms with E-state index >= 15 is 0 Å². The fraction of sp³-hybridized carbons (Fsp3) is 0.500. The van der Waals surface area contributed by atoms with Crippen LogP contribution in [0.2, 0.25) is 0 Å². The highest BCUT2D eigenvalue weighted by Crippen LogP contribution is 2.17. The summed E-state index contributed by atoms with van der Waals surface area (Å²) < 4.78 is 5.18. The second-order valence-corrected chi connectivity index (χ2v) is 4.59. The SMILES string of the molecule is CNCC1CCCCN1C(=O)C=Cc1ccco1. The van der Waals surface area contributed by atoms with E-state index in [1.807, 2.05) is 24.1 Å². The Morgan fingerprint density at radius 1 is 1.61 bits per heavy atom. The Bertz CT molecular complexity index is 396. The quantitative estimate of drug-likeness (QED) is 0.828. The lowest BCUT2D eigenvalue weighted by atomic mass is 10.0. The lowest BCUT2D eigenvalue weighted by Gasteiger charge is -2.35. The van der Waals surface area contributed by atoms with Gasteiger partial charge >= 0.3 is 0 Å². The second-order valence-electron chi connectivity index (χ2n) is 4.59. The third-order valence-electron chi connectivity index (χ3n) is 3.28. The van der Waals surface area contributed by atoms with Crippen LogP contribution >= 0.6 is 0 Å². The fourth-order valence-corrected chi connectivity index (χ4v) is 2.37. The average molecular weight is 248 g/mol. The van der Waals surface area contributed by atoms with Crippen molar-refractivity contribution in [2.24, 2.45) is 0 Å². The van der Waals surface area contributed by atoms with Gasteiger partial charge in [-0.2, -0.15) is 0 Å². The summed E-state index contributed by atoms with van der Waals surface area (Å²) >= 11 is 0. The number of carbonyl (C=O) groups excluding carboxylic acids is 1. The van der Waals surface area contributed by atoms with Crippen molar-refractivity contribution in [3.8, 4) is 0 Å². The van der Waals surface area contributed by atoms with Crippen molar-refractivity contribution in [1.82, 2.24) is 10.2 Å². The van der Waals surface area contributed by atoms with Crippen LogP contribution < -0.4 is 5.32 Å². The van der Waals surface area contributed by atoms with Crippen molar-refractivity contribution in [1.29, 1.82) is 0 Å². The molecule has 1 fully saturated rings. The number of nitrogens with one attached hydrogen (secondary N) is 1. The van der Waals surface area contributed by atoms with Crippen LogP contribution in [0.5, 0.6) is 0 Å². The van der Waals surface area contributed by atoms with Crippen LogP contribution in [0.1, 0.15) is 25.0 Å². The maximum Gasteiger partial charge on any atom is 0.246 e. The molecule has 1 saturated heterocycles. The molecule has 0 bridgehead atoms. The van der Waals surface area contributed by atoms with E-state index in [2.05, 4.69) is 5.32 Å². The van der Waals surface area contributed by atoms with Crippen LogP contribution in [-0.4, -0.2) is 37.0 Å². The Labute approximate surface area is 108 Å². The number of rotatable bonds is 4. The molecule has 18 heavy (non-hydrogen) atoms. The highest BCUT2D eigenvalue weighted by Gasteiger charge is 2.24. The monoisotopic (exact) mass is 248 g/mol. The van der Waals surface area contributed by atoms with Crippen molar-refractivity contribution in [3.63, 3.8) is 0 Å². The first-order valence-corrected chi connectivity index (χ1v) is 6.48. The van der Waals surface area contributed by atoms with Crippen LogP contribution in [0.15, 0.2) is 28.9 Å². The number of piperidine rings is 1. The number of hydrogen-bond donors (Lipinski definition) is 1. The van der Waals surface area contributed by atoms with Gasteiger partial charge in [-0.1, -0.05) is 0 Å². The molecule has 1 N–H and O–H groups in total. The van der Waals surface area contributed by atoms with Gasteiger partial charge in [-0.3, -0.25) is 4.79 Å². The summed E-state index contributed by atoms with van der Waals surface area (Å²) in [5, 5.41) is 3.16. The van der Waals surface area contributed by atoms with Gasteiger partial charge in [0.1, 0.15) is 5.76 Å². The maximum atomic E-state index is 12.1. The zero-order chi connectivity index (χ0) is 12.8. The molecular formula is C14H20N2O2. The topological polar surface area (TPSA) is 45.5 Å². The number of likely N-dealkylation sites (tertiary alicyclic amines) is 1. The van der Waals surface area contributed by atoms with E-state index in [9.17, 15) is 4.79 Å². The van der Waals surface area contributed by atoms with Crippen molar-refractivity contribution >= 4 is 12.0 Å². The molecule has 0 spiro atoms. The molecule has 0 aromatic carbocycles. The molecule has 1 aliphatic rings. The standard InChI is InChI=1S/C14H20N2O2/c1-15-11-12-5-2-3-9-16(12)14(17)8-7-13-6-4-10-18-13/h4,6-8,10,12,15H,2-3,5,9,11H2,1H3. The molecule has 1 unspecified atom stereocenters. The summed E-state index contributed by atoms with van der Waals surface area (Å²) in [5.41, 5.74) is 0. The number of hydrogen-bond acceptors (Lipinski definition) is 3. The number of amides is 1. The molecule has 4 heteroatoms. The van der Waals surface area contributed by atoms with Gasteiger partial charge in [0.15, 0.2) is 0 Å². The second kappa shape index (κ2) is 6.40. The molecule has 1 aromatic rings. The highest BCUT2D eigenvalue weighted by atomic mass is 16.3. The smallest absolute Gasteiger partial charge is 0.246 e. The van der Waals surface area contributed by atoms with Crippen LogP contribution in [0.3, 0.4) is 0 Å². The molecule has 1 aliphatic heterocycles. The first-order chi connectivity index (χ1) is 8.81. The molecule has 0 aliphatic carbocycles. The Kier molecular flexibility index (Phi) is 4.59. The van der Waals surface area contributed by atoms with E-state index < -0.39 is 0 Å². The predicted molar refractivity (Wildman–Crippen MR) is 71.0 cm³/mol. The zero-order valence-corrected chi connectivity index (χ0v) is 10.8. The molecule has 4 nitrogen and oxygen atoms in total. The van der Waals surface area contributed by atoms with Crippen LogP contribution in [0, 0.1) is 0 Å². The van der Waals surface area contributed by atoms with Crippen LogP contribution in [0.4, 0.5) is 0 Å². The van der Waals surface area contributed by atoms with E-state index in [1.54, 1.807) is 18.4 Å². The van der Waals surface area contributed by atoms with E-state index in [-0.39, 0.29) is 5.91 Å². The molecule has 1 aromatic heterocycles. The molecule has 0 saturated carbocycles. The summed E-state index contributed by atoms with van der Waals surface area (Å²) in [6.45, 7) is 1.72. The van der Waals surface area contributed by atoms with Gasteiger partial charge in [-0.25, -0.2) is 0 Å². The summed E-state index contributed by atoms with van der Waals surface area (Å²) in [6, 6.07) is 3.97. The average Bonchev–Trinajstić information content (AvgIpc) is 2.90. The minimum absolute atomic E-state index is 0.0753. The third-order valence-corrected chi connectivity index (χ3v) is 3.28. The van der Waals surface area contributed by atoms with Gasteiger partial charge in [0.2, 0.25) is 5.91 Å². The maximum absolute atomic E-state index is 12.1. The number of carbonyl (C=O) groups is 1. The molecule has 2 heterocycles. The van der Waals surface area contributed by atoms with Crippen molar-refractivity contribution in [3.05, 3.63) is 30.2 Å². The highest BCUT2D eigenvalue weighted by molar-refractivity contribution is 5.91. The molecule has 1 atom stereocenters. The largest absolute Gasteiger partial charge is 0.465 e. The van der Waals surface area contributed by atoms with Gasteiger partial charge < -0.3 is 14.6 Å². The molecular weight excluding hydrogens is 228 g/mol. The summed E-state index contributed by atoms with van der Waals surface area (Å²) in [7, 11) is 1.93. The number of nitrogens with zero attached hydrogens (tertiary/aromatic N) is 1. The van der Waals surface area contributed by atoms with Gasteiger partial charge in [-0.05, 0) is 44.5 Å². The number of likely N-dealkylation sites (N-methyl/N-ethyl adjacent to an activating group) is 1. The summed E-state index contributed by atoms with van der Waals surface area (Å²) in [6.07, 6.45) is 8.33. The Morgan fingerprint density at radius 2 is 2.50 bits per heavy atom. The lowest BCUT2D eigenvalue weighted by Crippen LogP contribution is -2.47. The molecule has 1 amide bonds. The van der Waals surface area contributed by atoms with Crippen molar-refractivity contribution in [2.45, 2.75) is 25.3 Å². The molecule has 2 rings (SSSR count). The predicted octanol–water partition coefficient (Wildman–Crippen LogP) is 1.89. The Balaban J connectivity index is 1.97. The van der Waals surface area contributed by atoms with Crippen molar-refractivity contribution in [2.75, 3.05) is 20.1 Å². The summed E-state index contributed by atoms with van der Waals surface area (Å²) in [5.74, 6) is 0.789. The zero-order valence-electron chi connectivity index (χ0n) is 10.8. The van der Waals surface area contributed by atoms with E-state index in [4.69, 9.17) is 4.42 Å². The van der Waals surface area contributed by atoms with Gasteiger partial charge in [-0.15, -0.1) is 0 Å². The van der Waals surface area contributed by atoms with E-state index in [0.29, 0.717) is 11.8 Å².